The summed E-state index contributed by atoms with van der Waals surface area (Å²) in [6, 6.07) is 7.73. The molecule has 2 rings (SSSR count). The summed E-state index contributed by atoms with van der Waals surface area (Å²) in [4.78, 5) is 59.3. The minimum absolute atomic E-state index is 0.263. The molecular weight excluding hydrogens is 642 g/mol. The van der Waals surface area contributed by atoms with Crippen LogP contribution >= 0.6 is 15.9 Å². The lowest BCUT2D eigenvalue weighted by atomic mass is 9.79. The van der Waals surface area contributed by atoms with Crippen LogP contribution in [0, 0.1) is 19.3 Å². The highest BCUT2D eigenvalue weighted by Gasteiger charge is 2.46. The van der Waals surface area contributed by atoms with Crippen LogP contribution in [0.1, 0.15) is 116 Å². The van der Waals surface area contributed by atoms with E-state index < -0.39 is 47.7 Å². The van der Waals surface area contributed by atoms with Crippen LogP contribution in [0.25, 0.3) is 0 Å². The van der Waals surface area contributed by atoms with Gasteiger partial charge >= 0.3 is 15.9 Å². The lowest BCUT2D eigenvalue weighted by molar-refractivity contribution is -0.0328. The fraction of sp³-hybridized carbons (Fsp3) is 0.657. The molecule has 0 saturated carbocycles. The molecule has 0 unspecified atom stereocenters. The molecule has 0 fully saturated rings. The van der Waals surface area contributed by atoms with Gasteiger partial charge in [0.2, 0.25) is 0 Å². The van der Waals surface area contributed by atoms with Crippen LogP contribution in [0.3, 0.4) is 0 Å². The zero-order chi connectivity index (χ0) is 37.8. The maximum absolute atomic E-state index is 9.89. The Balaban J connectivity index is 0.000000721. The molecule has 0 atom stereocenters. The zero-order valence-corrected chi connectivity index (χ0v) is 32.8. The first-order valence-electron chi connectivity index (χ1n) is 15.6. The van der Waals surface area contributed by atoms with Gasteiger partial charge in [-0.2, -0.15) is 29.4 Å². The van der Waals surface area contributed by atoms with Gasteiger partial charge in [0.15, 0.2) is 10.6 Å². The van der Waals surface area contributed by atoms with E-state index in [9.17, 15) is 29.4 Å². The highest BCUT2D eigenvalue weighted by molar-refractivity contribution is 7.67. The van der Waals surface area contributed by atoms with Crippen LogP contribution in [0.4, 0.5) is 0 Å². The molecule has 10 N–H and O–H groups in total. The van der Waals surface area contributed by atoms with Crippen molar-refractivity contribution >= 4 is 26.5 Å². The standard InChI is InChI=1S/2C15H26O3P.C5H12O4/c2*1-10-8-11(14(2,3)4)13(19(16,17)18)12(9-10)15(5,6)7;6-1-5(2-7,3-8)4-9/h2*8-9,16-18H,1-7H3;6-9H,1-4H2/q2*+1;. The molecule has 0 aliphatic heterocycles. The number of rotatable bonds is 6. The van der Waals surface area contributed by atoms with Gasteiger partial charge in [-0.3, -0.25) is 0 Å². The molecule has 2 aromatic carbocycles. The smallest absolute Gasteiger partial charge is 0.396 e. The molecule has 0 spiro atoms. The summed E-state index contributed by atoms with van der Waals surface area (Å²) in [7, 11) is -8.11. The first kappa shape index (κ1) is 45.9. The van der Waals surface area contributed by atoms with Crippen molar-refractivity contribution in [1.82, 2.24) is 0 Å². The van der Waals surface area contributed by atoms with Crippen LogP contribution in [-0.4, -0.2) is 76.2 Å². The fourth-order valence-electron chi connectivity index (χ4n) is 4.79. The number of hydrogen-bond donors (Lipinski definition) is 10. The predicted octanol–water partition coefficient (Wildman–Crippen LogP) is 3.85. The van der Waals surface area contributed by atoms with Crippen molar-refractivity contribution in [3.05, 3.63) is 57.6 Å². The van der Waals surface area contributed by atoms with E-state index in [2.05, 4.69) is 0 Å². The molecule has 0 aliphatic rings. The third-order valence-corrected chi connectivity index (χ3v) is 9.85. The third-order valence-electron chi connectivity index (χ3n) is 7.68. The van der Waals surface area contributed by atoms with Gasteiger partial charge in [0.25, 0.3) is 0 Å². The van der Waals surface area contributed by atoms with Crippen LogP contribution in [0.2, 0.25) is 0 Å². The number of aryl methyl sites for hydroxylation is 2. The molecule has 0 saturated heterocycles. The number of hydrogen-bond acceptors (Lipinski definition) is 10. The van der Waals surface area contributed by atoms with Crippen molar-refractivity contribution in [3.63, 3.8) is 0 Å². The van der Waals surface area contributed by atoms with Crippen LogP contribution < -0.4 is 10.6 Å². The van der Waals surface area contributed by atoms with Crippen molar-refractivity contribution in [2.24, 2.45) is 5.41 Å². The van der Waals surface area contributed by atoms with Gasteiger partial charge in [-0.25, -0.2) is 0 Å². The molecule has 2 aromatic rings. The van der Waals surface area contributed by atoms with Crippen molar-refractivity contribution in [2.75, 3.05) is 26.4 Å². The van der Waals surface area contributed by atoms with Crippen molar-refractivity contribution in [1.29, 1.82) is 0 Å². The summed E-state index contributed by atoms with van der Waals surface area (Å²) >= 11 is 0. The lowest BCUT2D eigenvalue weighted by Crippen LogP contribution is -2.37. The minimum atomic E-state index is -4.06. The lowest BCUT2D eigenvalue weighted by Gasteiger charge is -2.29. The van der Waals surface area contributed by atoms with Gasteiger partial charge in [-0.1, -0.05) is 118 Å². The molecule has 0 amide bonds. The topological polar surface area (TPSA) is 202 Å². The quantitative estimate of drug-likeness (QED) is 0.197. The van der Waals surface area contributed by atoms with Gasteiger partial charge in [0.1, 0.15) is 0 Å². The molecule has 10 nitrogen and oxygen atoms in total. The first-order valence-corrected chi connectivity index (χ1v) is 18.9. The molecule has 0 radical (unpaired) electrons. The van der Waals surface area contributed by atoms with Crippen molar-refractivity contribution in [2.45, 2.75) is 119 Å². The van der Waals surface area contributed by atoms with E-state index in [1.807, 2.05) is 121 Å². The van der Waals surface area contributed by atoms with Crippen LogP contribution in [0.5, 0.6) is 0 Å². The van der Waals surface area contributed by atoms with Gasteiger partial charge in [-0.15, -0.1) is 0 Å². The second-order valence-electron chi connectivity index (χ2n) is 16.7. The molecule has 0 aromatic heterocycles. The SMILES string of the molecule is Cc1cc(C(C)(C)C)c([P+](O)(O)O)c(C(C)(C)C)c1.Cc1cc(C(C)(C)C)c([P+](O)(O)O)c(C(C)(C)C)c1.OCC(CO)(CO)CO. The highest BCUT2D eigenvalue weighted by Crippen LogP contribution is 2.50. The third kappa shape index (κ3) is 13.3. The largest absolute Gasteiger partial charge is 0.441 e. The summed E-state index contributed by atoms with van der Waals surface area (Å²) < 4.78 is 0. The highest BCUT2D eigenvalue weighted by atomic mass is 31.2. The Bertz CT molecular complexity index is 1120. The first-order chi connectivity index (χ1) is 20.7. The average molecular weight is 707 g/mol. The fourth-order valence-corrected chi connectivity index (χ4v) is 7.68. The maximum Gasteiger partial charge on any atom is 0.441 e. The minimum Gasteiger partial charge on any atom is -0.396 e. The van der Waals surface area contributed by atoms with E-state index in [4.69, 9.17) is 20.4 Å². The van der Waals surface area contributed by atoms with Gasteiger partial charge < -0.3 is 20.4 Å². The van der Waals surface area contributed by atoms with E-state index in [0.717, 1.165) is 33.4 Å². The number of benzene rings is 2. The van der Waals surface area contributed by atoms with Gasteiger partial charge in [0.05, 0.1) is 31.8 Å². The molecule has 47 heavy (non-hydrogen) atoms. The Labute approximate surface area is 284 Å². The second-order valence-corrected chi connectivity index (χ2v) is 19.9. The molecule has 0 heterocycles. The Morgan fingerprint density at radius 3 is 0.660 bits per heavy atom. The monoisotopic (exact) mass is 706 g/mol. The van der Waals surface area contributed by atoms with Crippen molar-refractivity contribution in [3.8, 4) is 0 Å². The Hall–Kier alpha value is -1.10. The van der Waals surface area contributed by atoms with E-state index in [-0.39, 0.29) is 21.7 Å². The summed E-state index contributed by atoms with van der Waals surface area (Å²) in [5.41, 5.74) is 3.18. The summed E-state index contributed by atoms with van der Waals surface area (Å²) in [6.07, 6.45) is 0. The van der Waals surface area contributed by atoms with Crippen molar-refractivity contribution < 1.29 is 49.8 Å². The normalized spacial score (nSPS) is 13.4. The molecular formula is C35H64O10P2+2. The summed E-state index contributed by atoms with van der Waals surface area (Å²) in [5, 5.41) is 34.6. The second kappa shape index (κ2) is 16.3. The Kier molecular flexibility index (Phi) is 15.9. The molecule has 12 heteroatoms. The Morgan fingerprint density at radius 1 is 0.404 bits per heavy atom. The number of aliphatic hydroxyl groups is 4. The van der Waals surface area contributed by atoms with Gasteiger partial charge in [-0.05, 0) is 35.5 Å². The van der Waals surface area contributed by atoms with Crippen LogP contribution in [-0.2, 0) is 21.7 Å². The Morgan fingerprint density at radius 2 is 0.574 bits per heavy atom. The maximum atomic E-state index is 9.89. The average Bonchev–Trinajstić information content (AvgIpc) is 2.87. The van der Waals surface area contributed by atoms with E-state index in [0.29, 0.717) is 10.6 Å². The number of aliphatic hydroxyl groups excluding tert-OH is 4. The van der Waals surface area contributed by atoms with E-state index in [1.54, 1.807) is 0 Å². The zero-order valence-electron chi connectivity index (χ0n) is 31.0. The summed E-state index contributed by atoms with van der Waals surface area (Å²) in [6.45, 7) is 26.4. The summed E-state index contributed by atoms with van der Waals surface area (Å²) in [5.74, 6) is 0. The predicted molar refractivity (Wildman–Crippen MR) is 194 cm³/mol. The van der Waals surface area contributed by atoms with Crippen LogP contribution in [0.15, 0.2) is 24.3 Å². The van der Waals surface area contributed by atoms with E-state index in [1.165, 1.54) is 0 Å². The van der Waals surface area contributed by atoms with Gasteiger partial charge in [0, 0.05) is 22.3 Å². The molecule has 0 bridgehead atoms. The van der Waals surface area contributed by atoms with E-state index >= 15 is 0 Å². The molecule has 272 valence electrons. The molecule has 0 aliphatic carbocycles.